The van der Waals surface area contributed by atoms with Crippen LogP contribution in [0.2, 0.25) is 0 Å². The molecule has 2 aliphatic rings. The lowest BCUT2D eigenvalue weighted by Crippen LogP contribution is -2.38. The zero-order valence-corrected chi connectivity index (χ0v) is 12.4. The third kappa shape index (κ3) is 2.63. The van der Waals surface area contributed by atoms with Crippen molar-refractivity contribution in [2.24, 2.45) is 4.99 Å². The molecule has 0 spiro atoms. The van der Waals surface area contributed by atoms with Gasteiger partial charge in [-0.15, -0.1) is 0 Å². The molecule has 0 atom stereocenters. The highest BCUT2D eigenvalue weighted by Crippen LogP contribution is 2.38. The summed E-state index contributed by atoms with van der Waals surface area (Å²) in [6.07, 6.45) is 3.26. The van der Waals surface area contributed by atoms with Crippen LogP contribution >= 0.6 is 0 Å². The maximum Gasteiger partial charge on any atom is 0.150 e. The van der Waals surface area contributed by atoms with Crippen LogP contribution in [0.15, 0.2) is 35.0 Å². The van der Waals surface area contributed by atoms with Crippen molar-refractivity contribution in [3.05, 3.63) is 35.5 Å². The van der Waals surface area contributed by atoms with Gasteiger partial charge in [0.25, 0.3) is 0 Å². The van der Waals surface area contributed by atoms with Crippen LogP contribution in [0.1, 0.15) is 12.0 Å². The summed E-state index contributed by atoms with van der Waals surface area (Å²) in [5.41, 5.74) is 3.78. The molecule has 2 aliphatic heterocycles. The standard InChI is InChI=1S/C16H19N5/c1-20(2)9-7-18-16-15-4-3-8-21(15)14-6-5-12(11-17)10-13(14)19-16/h4-6,10H,3,7-9H2,1-2H3,(H,18,19). The fourth-order valence-corrected chi connectivity index (χ4v) is 2.65. The molecule has 1 aromatic rings. The van der Waals surface area contributed by atoms with Crippen molar-refractivity contribution in [2.45, 2.75) is 6.42 Å². The molecule has 5 heteroatoms. The van der Waals surface area contributed by atoms with E-state index in [2.05, 4.69) is 41.4 Å². The predicted octanol–water partition coefficient (Wildman–Crippen LogP) is 1.85. The molecule has 0 aliphatic carbocycles. The minimum absolute atomic E-state index is 0.650. The van der Waals surface area contributed by atoms with Crippen molar-refractivity contribution >= 4 is 17.2 Å². The van der Waals surface area contributed by atoms with E-state index in [4.69, 9.17) is 10.3 Å². The van der Waals surface area contributed by atoms with Gasteiger partial charge in [0.05, 0.1) is 28.7 Å². The Labute approximate surface area is 125 Å². The minimum atomic E-state index is 0.650. The molecule has 1 N–H and O–H groups in total. The van der Waals surface area contributed by atoms with Gasteiger partial charge >= 0.3 is 0 Å². The van der Waals surface area contributed by atoms with Crippen LogP contribution in [0.25, 0.3) is 0 Å². The summed E-state index contributed by atoms with van der Waals surface area (Å²) in [7, 11) is 4.11. The number of anilines is 1. The SMILES string of the molecule is CN(C)CCNC1=Nc2cc(C#N)ccc2N2CCC=C12. The lowest BCUT2D eigenvalue weighted by Gasteiger charge is -2.29. The quantitative estimate of drug-likeness (QED) is 0.918. The van der Waals surface area contributed by atoms with Crippen LogP contribution in [-0.4, -0.2) is 44.5 Å². The van der Waals surface area contributed by atoms with Gasteiger partial charge in [-0.1, -0.05) is 6.08 Å². The van der Waals surface area contributed by atoms with E-state index >= 15 is 0 Å². The maximum absolute atomic E-state index is 9.05. The Morgan fingerprint density at radius 3 is 3.05 bits per heavy atom. The van der Waals surface area contributed by atoms with Crippen molar-refractivity contribution in [1.29, 1.82) is 5.26 Å². The number of nitrogens with one attached hydrogen (secondary N) is 1. The summed E-state index contributed by atoms with van der Waals surface area (Å²) in [6, 6.07) is 7.89. The number of nitrogens with zero attached hydrogens (tertiary/aromatic N) is 4. The molecule has 108 valence electrons. The van der Waals surface area contributed by atoms with Crippen LogP contribution in [0.3, 0.4) is 0 Å². The molecule has 0 aromatic heterocycles. The Morgan fingerprint density at radius 2 is 2.29 bits per heavy atom. The van der Waals surface area contributed by atoms with E-state index in [0.29, 0.717) is 5.56 Å². The molecule has 0 unspecified atom stereocenters. The van der Waals surface area contributed by atoms with E-state index in [1.165, 1.54) is 0 Å². The molecule has 0 fully saturated rings. The molecule has 0 bridgehead atoms. The zero-order valence-electron chi connectivity index (χ0n) is 12.4. The third-order valence-electron chi connectivity index (χ3n) is 3.70. The summed E-state index contributed by atoms with van der Waals surface area (Å²) < 4.78 is 0. The molecule has 21 heavy (non-hydrogen) atoms. The van der Waals surface area contributed by atoms with Gasteiger partial charge in [-0.2, -0.15) is 5.26 Å². The number of hydrogen-bond donors (Lipinski definition) is 1. The van der Waals surface area contributed by atoms with Gasteiger partial charge in [0.1, 0.15) is 5.84 Å². The lowest BCUT2D eigenvalue weighted by molar-refractivity contribution is 0.412. The molecule has 0 saturated carbocycles. The van der Waals surface area contributed by atoms with Crippen molar-refractivity contribution < 1.29 is 0 Å². The number of likely N-dealkylation sites (N-methyl/N-ethyl adjacent to an activating group) is 1. The summed E-state index contributed by atoms with van der Waals surface area (Å²) in [4.78, 5) is 9.14. The monoisotopic (exact) mass is 281 g/mol. The fraction of sp³-hybridized carbons (Fsp3) is 0.375. The molecule has 5 nitrogen and oxygen atoms in total. The van der Waals surface area contributed by atoms with E-state index in [0.717, 1.165) is 49.0 Å². The average Bonchev–Trinajstić information content (AvgIpc) is 2.96. The average molecular weight is 281 g/mol. The summed E-state index contributed by atoms with van der Waals surface area (Å²) in [6.45, 7) is 2.78. The van der Waals surface area contributed by atoms with Gasteiger partial charge in [-0.25, -0.2) is 4.99 Å². The van der Waals surface area contributed by atoms with E-state index in [-0.39, 0.29) is 0 Å². The number of amidine groups is 1. The number of nitriles is 1. The second-order valence-electron chi connectivity index (χ2n) is 5.54. The predicted molar refractivity (Wildman–Crippen MR) is 84.9 cm³/mol. The van der Waals surface area contributed by atoms with Gasteiger partial charge in [-0.05, 0) is 38.7 Å². The van der Waals surface area contributed by atoms with E-state index in [1.807, 2.05) is 18.2 Å². The molecule has 0 amide bonds. The summed E-state index contributed by atoms with van der Waals surface area (Å²) in [5, 5.41) is 12.5. The molecular formula is C16H19N5. The fourth-order valence-electron chi connectivity index (χ4n) is 2.65. The van der Waals surface area contributed by atoms with Crippen molar-refractivity contribution in [3.63, 3.8) is 0 Å². The highest BCUT2D eigenvalue weighted by atomic mass is 15.2. The number of fused-ring (bicyclic) bond motifs is 3. The van der Waals surface area contributed by atoms with Crippen LogP contribution in [0.5, 0.6) is 0 Å². The molecule has 0 saturated heterocycles. The van der Waals surface area contributed by atoms with Gasteiger partial charge < -0.3 is 15.1 Å². The summed E-state index contributed by atoms with van der Waals surface area (Å²) in [5.74, 6) is 0.914. The van der Waals surface area contributed by atoms with Gasteiger partial charge in [-0.3, -0.25) is 0 Å². The Bertz CT molecular complexity index is 651. The largest absolute Gasteiger partial charge is 0.367 e. The second kappa shape index (κ2) is 5.58. The minimum Gasteiger partial charge on any atom is -0.367 e. The molecule has 2 heterocycles. The van der Waals surface area contributed by atoms with Gasteiger partial charge in [0, 0.05) is 19.6 Å². The molecule has 3 rings (SSSR count). The Morgan fingerprint density at radius 1 is 1.43 bits per heavy atom. The van der Waals surface area contributed by atoms with E-state index < -0.39 is 0 Å². The molecule has 1 aromatic carbocycles. The van der Waals surface area contributed by atoms with Gasteiger partial charge in [0.2, 0.25) is 0 Å². The van der Waals surface area contributed by atoms with Crippen molar-refractivity contribution in [2.75, 3.05) is 38.6 Å². The number of rotatable bonds is 3. The first kappa shape index (κ1) is 13.7. The van der Waals surface area contributed by atoms with Gasteiger partial charge in [0.15, 0.2) is 0 Å². The van der Waals surface area contributed by atoms with Crippen LogP contribution < -0.4 is 10.2 Å². The van der Waals surface area contributed by atoms with E-state index in [1.54, 1.807) is 0 Å². The maximum atomic E-state index is 9.05. The normalized spacial score (nSPS) is 16.0. The second-order valence-corrected chi connectivity index (χ2v) is 5.54. The molecular weight excluding hydrogens is 262 g/mol. The van der Waals surface area contributed by atoms with Crippen LogP contribution in [0, 0.1) is 11.3 Å². The Balaban J connectivity index is 1.91. The Hall–Kier alpha value is -2.32. The first-order valence-electron chi connectivity index (χ1n) is 7.18. The lowest BCUT2D eigenvalue weighted by atomic mass is 10.1. The number of benzene rings is 1. The van der Waals surface area contributed by atoms with E-state index in [9.17, 15) is 0 Å². The summed E-state index contributed by atoms with van der Waals surface area (Å²) >= 11 is 0. The third-order valence-corrected chi connectivity index (χ3v) is 3.70. The van der Waals surface area contributed by atoms with Crippen LogP contribution in [-0.2, 0) is 0 Å². The highest BCUT2D eigenvalue weighted by molar-refractivity contribution is 6.07. The number of aliphatic imine (C=N–C) groups is 1. The number of hydrogen-bond acceptors (Lipinski definition) is 5. The smallest absolute Gasteiger partial charge is 0.150 e. The zero-order chi connectivity index (χ0) is 14.8. The topological polar surface area (TPSA) is 54.7 Å². The Kier molecular flexibility index (Phi) is 3.63. The van der Waals surface area contributed by atoms with Crippen molar-refractivity contribution in [3.8, 4) is 6.07 Å². The van der Waals surface area contributed by atoms with Crippen LogP contribution in [0.4, 0.5) is 11.4 Å². The first-order valence-corrected chi connectivity index (χ1v) is 7.18. The van der Waals surface area contributed by atoms with Crippen molar-refractivity contribution in [1.82, 2.24) is 10.2 Å². The molecule has 0 radical (unpaired) electrons. The first-order chi connectivity index (χ1) is 10.2. The highest BCUT2D eigenvalue weighted by Gasteiger charge is 2.27.